The molecule has 0 unspecified atom stereocenters. The maximum Gasteiger partial charge on any atom is 0.183 e. The van der Waals surface area contributed by atoms with Gasteiger partial charge in [0.15, 0.2) is 11.6 Å². The highest BCUT2D eigenvalue weighted by Crippen LogP contribution is 2.33. The summed E-state index contributed by atoms with van der Waals surface area (Å²) in [6.45, 7) is 4.09. The average molecular weight is 267 g/mol. The van der Waals surface area contributed by atoms with Crippen LogP contribution >= 0.6 is 15.9 Å². The van der Waals surface area contributed by atoms with Gasteiger partial charge in [0.05, 0.1) is 0 Å². The molecule has 0 aliphatic rings. The minimum absolute atomic E-state index is 0.379. The van der Waals surface area contributed by atoms with Crippen molar-refractivity contribution >= 4 is 21.7 Å². The molecule has 1 aromatic carbocycles. The standard InChI is InChI=1S/C11H11BrN2O/c1-6-3-7(2)5-8(4-6)10-9(12)11(13)14-15-10/h3-5H,1-2H3,(H2,13,14). The van der Waals surface area contributed by atoms with Crippen molar-refractivity contribution in [2.24, 2.45) is 0 Å². The monoisotopic (exact) mass is 266 g/mol. The van der Waals surface area contributed by atoms with Gasteiger partial charge in [-0.3, -0.25) is 0 Å². The molecule has 0 atom stereocenters. The Kier molecular flexibility index (Phi) is 2.52. The first kappa shape index (κ1) is 10.2. The van der Waals surface area contributed by atoms with Crippen molar-refractivity contribution in [3.63, 3.8) is 0 Å². The van der Waals surface area contributed by atoms with E-state index >= 15 is 0 Å². The van der Waals surface area contributed by atoms with Crippen LogP contribution in [0.1, 0.15) is 11.1 Å². The molecule has 1 aromatic heterocycles. The van der Waals surface area contributed by atoms with Crippen molar-refractivity contribution in [1.29, 1.82) is 0 Å². The fourth-order valence-electron chi connectivity index (χ4n) is 1.58. The van der Waals surface area contributed by atoms with E-state index in [4.69, 9.17) is 10.3 Å². The number of halogens is 1. The predicted octanol–water partition coefficient (Wildman–Crippen LogP) is 3.30. The van der Waals surface area contributed by atoms with Gasteiger partial charge >= 0.3 is 0 Å². The van der Waals surface area contributed by atoms with Crippen LogP contribution in [0.15, 0.2) is 27.2 Å². The van der Waals surface area contributed by atoms with E-state index < -0.39 is 0 Å². The molecule has 4 heteroatoms. The van der Waals surface area contributed by atoms with Crippen LogP contribution in [0.3, 0.4) is 0 Å². The Morgan fingerprint density at radius 3 is 2.27 bits per heavy atom. The molecule has 0 aliphatic carbocycles. The minimum atomic E-state index is 0.379. The molecule has 0 fully saturated rings. The molecule has 0 saturated carbocycles. The van der Waals surface area contributed by atoms with Crippen LogP contribution in [0.4, 0.5) is 5.82 Å². The van der Waals surface area contributed by atoms with E-state index in [1.165, 1.54) is 11.1 Å². The summed E-state index contributed by atoms with van der Waals surface area (Å²) in [6, 6.07) is 6.19. The molecule has 0 amide bonds. The fourth-order valence-corrected chi connectivity index (χ4v) is 1.95. The summed E-state index contributed by atoms with van der Waals surface area (Å²) in [5.41, 5.74) is 8.97. The molecule has 2 aromatic rings. The SMILES string of the molecule is Cc1cc(C)cc(-c2onc(N)c2Br)c1. The first-order valence-electron chi connectivity index (χ1n) is 4.57. The minimum Gasteiger partial charge on any atom is -0.380 e. The molecule has 2 N–H and O–H groups in total. The second kappa shape index (κ2) is 3.70. The van der Waals surface area contributed by atoms with Gasteiger partial charge in [0, 0.05) is 5.56 Å². The van der Waals surface area contributed by atoms with Crippen LogP contribution in [0, 0.1) is 13.8 Å². The maximum absolute atomic E-state index is 5.60. The van der Waals surface area contributed by atoms with Crippen molar-refractivity contribution in [3.8, 4) is 11.3 Å². The molecular formula is C11H11BrN2O. The van der Waals surface area contributed by atoms with E-state index in [-0.39, 0.29) is 0 Å². The van der Waals surface area contributed by atoms with Gasteiger partial charge in [-0.15, -0.1) is 0 Å². The lowest BCUT2D eigenvalue weighted by Gasteiger charge is -2.01. The van der Waals surface area contributed by atoms with E-state index in [1.54, 1.807) is 0 Å². The number of nitrogens with zero attached hydrogens (tertiary/aromatic N) is 1. The van der Waals surface area contributed by atoms with Crippen molar-refractivity contribution in [2.75, 3.05) is 5.73 Å². The number of anilines is 1. The lowest BCUT2D eigenvalue weighted by atomic mass is 10.1. The Morgan fingerprint density at radius 2 is 1.80 bits per heavy atom. The van der Waals surface area contributed by atoms with E-state index in [9.17, 15) is 0 Å². The summed E-state index contributed by atoms with van der Waals surface area (Å²) >= 11 is 3.35. The Morgan fingerprint density at radius 1 is 1.20 bits per heavy atom. The van der Waals surface area contributed by atoms with E-state index in [2.05, 4.69) is 27.2 Å². The smallest absolute Gasteiger partial charge is 0.183 e. The molecule has 3 nitrogen and oxygen atoms in total. The highest BCUT2D eigenvalue weighted by molar-refractivity contribution is 9.10. The van der Waals surface area contributed by atoms with Crippen LogP contribution in [-0.4, -0.2) is 5.16 Å². The van der Waals surface area contributed by atoms with Gasteiger partial charge in [0.25, 0.3) is 0 Å². The Hall–Kier alpha value is -1.29. The van der Waals surface area contributed by atoms with Crippen molar-refractivity contribution in [2.45, 2.75) is 13.8 Å². The zero-order valence-electron chi connectivity index (χ0n) is 8.54. The summed E-state index contributed by atoms with van der Waals surface area (Å²) in [4.78, 5) is 0. The quantitative estimate of drug-likeness (QED) is 0.862. The first-order chi connectivity index (χ1) is 7.08. The molecule has 0 aliphatic heterocycles. The van der Waals surface area contributed by atoms with Gasteiger partial charge in [-0.2, -0.15) is 0 Å². The van der Waals surface area contributed by atoms with Crippen LogP contribution in [0.5, 0.6) is 0 Å². The highest BCUT2D eigenvalue weighted by atomic mass is 79.9. The molecule has 2 rings (SSSR count). The van der Waals surface area contributed by atoms with Gasteiger partial charge in [0.2, 0.25) is 0 Å². The first-order valence-corrected chi connectivity index (χ1v) is 5.36. The van der Waals surface area contributed by atoms with Crippen LogP contribution in [0.2, 0.25) is 0 Å². The second-order valence-electron chi connectivity index (χ2n) is 3.59. The molecule has 0 spiro atoms. The van der Waals surface area contributed by atoms with Gasteiger partial charge in [0.1, 0.15) is 4.47 Å². The summed E-state index contributed by atoms with van der Waals surface area (Å²) in [6.07, 6.45) is 0. The number of benzene rings is 1. The number of hydrogen-bond donors (Lipinski definition) is 1. The van der Waals surface area contributed by atoms with Crippen molar-refractivity contribution < 1.29 is 4.52 Å². The van der Waals surface area contributed by atoms with E-state index in [1.807, 2.05) is 26.0 Å². The van der Waals surface area contributed by atoms with Crippen LogP contribution in [-0.2, 0) is 0 Å². The lowest BCUT2D eigenvalue weighted by Crippen LogP contribution is -1.84. The van der Waals surface area contributed by atoms with Crippen LogP contribution < -0.4 is 5.73 Å². The van der Waals surface area contributed by atoms with Gasteiger partial charge in [-0.1, -0.05) is 22.3 Å². The Bertz CT molecular complexity index is 485. The molecular weight excluding hydrogens is 256 g/mol. The van der Waals surface area contributed by atoms with E-state index in [0.717, 1.165) is 5.56 Å². The maximum atomic E-state index is 5.60. The fraction of sp³-hybridized carbons (Fsp3) is 0.182. The topological polar surface area (TPSA) is 52.0 Å². The number of aryl methyl sites for hydroxylation is 2. The molecule has 0 bridgehead atoms. The number of aromatic nitrogens is 1. The highest BCUT2D eigenvalue weighted by Gasteiger charge is 2.13. The molecule has 1 heterocycles. The molecule has 78 valence electrons. The van der Waals surface area contributed by atoms with Crippen molar-refractivity contribution in [3.05, 3.63) is 33.8 Å². The zero-order chi connectivity index (χ0) is 11.0. The normalized spacial score (nSPS) is 10.6. The van der Waals surface area contributed by atoms with Gasteiger partial charge in [-0.25, -0.2) is 0 Å². The van der Waals surface area contributed by atoms with E-state index in [0.29, 0.717) is 16.1 Å². The largest absolute Gasteiger partial charge is 0.380 e. The predicted molar refractivity (Wildman–Crippen MR) is 63.5 cm³/mol. The average Bonchev–Trinajstić information content (AvgIpc) is 2.46. The Labute approximate surface area is 96.4 Å². The number of rotatable bonds is 1. The van der Waals surface area contributed by atoms with Crippen LogP contribution in [0.25, 0.3) is 11.3 Å². The number of nitrogens with two attached hydrogens (primary N) is 1. The zero-order valence-corrected chi connectivity index (χ0v) is 10.1. The summed E-state index contributed by atoms with van der Waals surface area (Å²) < 4.78 is 5.88. The molecule has 15 heavy (non-hydrogen) atoms. The summed E-state index contributed by atoms with van der Waals surface area (Å²) in [5.74, 6) is 1.06. The molecule has 0 saturated heterocycles. The third-order valence-corrected chi connectivity index (χ3v) is 2.91. The van der Waals surface area contributed by atoms with Gasteiger partial charge in [-0.05, 0) is 41.9 Å². The third kappa shape index (κ3) is 1.90. The Balaban J connectivity index is 2.58. The number of hydrogen-bond acceptors (Lipinski definition) is 3. The third-order valence-electron chi connectivity index (χ3n) is 2.14. The summed E-state index contributed by atoms with van der Waals surface area (Å²) in [5, 5.41) is 3.71. The number of nitrogen functional groups attached to an aromatic ring is 1. The lowest BCUT2D eigenvalue weighted by molar-refractivity contribution is 0.435. The van der Waals surface area contributed by atoms with Crippen molar-refractivity contribution in [1.82, 2.24) is 5.16 Å². The van der Waals surface area contributed by atoms with Gasteiger partial charge < -0.3 is 10.3 Å². The summed E-state index contributed by atoms with van der Waals surface area (Å²) in [7, 11) is 0. The molecule has 0 radical (unpaired) electrons. The second-order valence-corrected chi connectivity index (χ2v) is 4.38.